The Hall–Kier alpha value is -1.38. The average Bonchev–Trinajstić information content (AvgIpc) is 2.89. The van der Waals surface area contributed by atoms with Gasteiger partial charge in [0.1, 0.15) is 6.04 Å². The predicted molar refractivity (Wildman–Crippen MR) is 73.1 cm³/mol. The van der Waals surface area contributed by atoms with E-state index in [-0.39, 0.29) is 12.3 Å². The van der Waals surface area contributed by atoms with Crippen LogP contribution in [-0.4, -0.2) is 29.9 Å². The minimum Gasteiger partial charge on any atom is -0.343 e. The highest BCUT2D eigenvalue weighted by Crippen LogP contribution is 2.08. The van der Waals surface area contributed by atoms with E-state index in [2.05, 4.69) is 11.4 Å². The fourth-order valence-corrected chi connectivity index (χ4v) is 2.34. The zero-order chi connectivity index (χ0) is 13.4. The first-order valence-electron chi connectivity index (χ1n) is 6.14. The van der Waals surface area contributed by atoms with Crippen LogP contribution in [0.15, 0.2) is 17.5 Å². The summed E-state index contributed by atoms with van der Waals surface area (Å²) in [5, 5.41) is 14.2. The summed E-state index contributed by atoms with van der Waals surface area (Å²) in [4.78, 5) is 14.8. The first kappa shape index (κ1) is 14.7. The molecule has 1 N–H and O–H groups in total. The molecule has 0 bridgehead atoms. The average molecular weight is 265 g/mol. The molecule has 0 radical (unpaired) electrons. The fourth-order valence-electron chi connectivity index (χ4n) is 1.68. The van der Waals surface area contributed by atoms with Gasteiger partial charge in [-0.1, -0.05) is 6.07 Å². The summed E-state index contributed by atoms with van der Waals surface area (Å²) in [5.74, 6) is 0.0326. The molecule has 0 spiro atoms. The van der Waals surface area contributed by atoms with Gasteiger partial charge >= 0.3 is 0 Å². The molecule has 18 heavy (non-hydrogen) atoms. The number of hydrogen-bond acceptors (Lipinski definition) is 4. The number of hydrogen-bond donors (Lipinski definition) is 1. The molecule has 1 amide bonds. The number of carbonyl (C=O) groups is 1. The Kier molecular flexibility index (Phi) is 6.40. The number of nitrogens with one attached hydrogen (secondary N) is 1. The van der Waals surface area contributed by atoms with Crippen molar-refractivity contribution in [3.8, 4) is 6.07 Å². The summed E-state index contributed by atoms with van der Waals surface area (Å²) < 4.78 is 0. The maximum Gasteiger partial charge on any atom is 0.225 e. The van der Waals surface area contributed by atoms with Crippen LogP contribution in [0.1, 0.15) is 25.1 Å². The van der Waals surface area contributed by atoms with Gasteiger partial charge in [-0.3, -0.25) is 10.1 Å². The molecule has 0 fully saturated rings. The monoisotopic (exact) mass is 265 g/mol. The topological polar surface area (TPSA) is 56.1 Å². The van der Waals surface area contributed by atoms with Gasteiger partial charge in [-0.2, -0.15) is 5.26 Å². The summed E-state index contributed by atoms with van der Waals surface area (Å²) in [6.07, 6.45) is 0.240. The maximum atomic E-state index is 11.9. The second kappa shape index (κ2) is 7.85. The third-order valence-electron chi connectivity index (χ3n) is 2.75. The minimum absolute atomic E-state index is 0.0326. The van der Waals surface area contributed by atoms with Gasteiger partial charge < -0.3 is 4.90 Å². The number of nitrogens with zero attached hydrogens (tertiary/aromatic N) is 2. The molecule has 1 heterocycles. The Morgan fingerprint density at radius 3 is 2.78 bits per heavy atom. The van der Waals surface area contributed by atoms with Crippen LogP contribution in [0.4, 0.5) is 0 Å². The van der Waals surface area contributed by atoms with Gasteiger partial charge in [0.05, 0.1) is 12.5 Å². The van der Waals surface area contributed by atoms with Crippen LogP contribution in [0.3, 0.4) is 0 Å². The van der Waals surface area contributed by atoms with Crippen molar-refractivity contribution in [1.82, 2.24) is 10.2 Å². The van der Waals surface area contributed by atoms with E-state index in [1.165, 1.54) is 4.88 Å². The molecule has 1 rings (SSSR count). The molecule has 1 unspecified atom stereocenters. The van der Waals surface area contributed by atoms with E-state index in [9.17, 15) is 4.79 Å². The molecule has 1 atom stereocenters. The third-order valence-corrected chi connectivity index (χ3v) is 3.63. The summed E-state index contributed by atoms with van der Waals surface area (Å²) in [6.45, 7) is 5.92. The SMILES string of the molecule is CCN(CC)C(=O)CC(C#N)NCc1cccs1. The largest absolute Gasteiger partial charge is 0.343 e. The number of carbonyl (C=O) groups excluding carboxylic acids is 1. The molecule has 1 aromatic rings. The molecule has 0 aliphatic rings. The van der Waals surface area contributed by atoms with Crippen molar-refractivity contribution in [2.45, 2.75) is 32.9 Å². The van der Waals surface area contributed by atoms with Gasteiger partial charge in [0, 0.05) is 24.5 Å². The normalized spacial score (nSPS) is 11.8. The lowest BCUT2D eigenvalue weighted by Gasteiger charge is -2.20. The Morgan fingerprint density at radius 1 is 1.56 bits per heavy atom. The van der Waals surface area contributed by atoms with Crippen LogP contribution in [-0.2, 0) is 11.3 Å². The molecule has 0 aliphatic heterocycles. The molecule has 0 saturated heterocycles. The van der Waals surface area contributed by atoms with Gasteiger partial charge in [0.2, 0.25) is 5.91 Å². The van der Waals surface area contributed by atoms with E-state index >= 15 is 0 Å². The highest BCUT2D eigenvalue weighted by atomic mass is 32.1. The predicted octanol–water partition coefficient (Wildman–Crippen LogP) is 1.99. The fraction of sp³-hybridized carbons (Fsp3) is 0.538. The highest BCUT2D eigenvalue weighted by Gasteiger charge is 2.16. The summed E-state index contributed by atoms with van der Waals surface area (Å²) >= 11 is 1.64. The zero-order valence-corrected chi connectivity index (χ0v) is 11.7. The van der Waals surface area contributed by atoms with Crippen molar-refractivity contribution in [3.63, 3.8) is 0 Å². The van der Waals surface area contributed by atoms with Crippen molar-refractivity contribution in [3.05, 3.63) is 22.4 Å². The lowest BCUT2D eigenvalue weighted by molar-refractivity contribution is -0.131. The van der Waals surface area contributed by atoms with Gasteiger partial charge in [-0.15, -0.1) is 11.3 Å². The van der Waals surface area contributed by atoms with Crippen LogP contribution in [0.5, 0.6) is 0 Å². The molecular weight excluding hydrogens is 246 g/mol. The quantitative estimate of drug-likeness (QED) is 0.820. The van der Waals surface area contributed by atoms with E-state index in [4.69, 9.17) is 5.26 Å². The molecule has 1 aromatic heterocycles. The Labute approximate surface area is 112 Å². The molecule has 0 aliphatic carbocycles. The number of amides is 1. The first-order chi connectivity index (χ1) is 8.71. The molecular formula is C13H19N3OS. The van der Waals surface area contributed by atoms with Gasteiger partial charge in [-0.25, -0.2) is 0 Å². The Balaban J connectivity index is 2.42. The molecule has 0 saturated carbocycles. The van der Waals surface area contributed by atoms with Crippen LogP contribution < -0.4 is 5.32 Å². The highest BCUT2D eigenvalue weighted by molar-refractivity contribution is 7.09. The Bertz CT molecular complexity index is 393. The molecule has 98 valence electrons. The third kappa shape index (κ3) is 4.47. The zero-order valence-electron chi connectivity index (χ0n) is 10.8. The standard InChI is InChI=1S/C13H19N3OS/c1-3-16(4-2)13(17)8-11(9-14)15-10-12-6-5-7-18-12/h5-7,11,15H,3-4,8,10H2,1-2H3. The lowest BCUT2D eigenvalue weighted by Crippen LogP contribution is -2.37. The second-order valence-electron chi connectivity index (χ2n) is 3.91. The van der Waals surface area contributed by atoms with E-state index in [0.29, 0.717) is 19.6 Å². The van der Waals surface area contributed by atoms with Crippen LogP contribution >= 0.6 is 11.3 Å². The molecule has 0 aromatic carbocycles. The van der Waals surface area contributed by atoms with E-state index in [0.717, 1.165) is 0 Å². The van der Waals surface area contributed by atoms with E-state index in [1.54, 1.807) is 16.2 Å². The Morgan fingerprint density at radius 2 is 2.28 bits per heavy atom. The van der Waals surface area contributed by atoms with Crippen LogP contribution in [0, 0.1) is 11.3 Å². The van der Waals surface area contributed by atoms with Crippen molar-refractivity contribution >= 4 is 17.2 Å². The summed E-state index contributed by atoms with van der Waals surface area (Å²) in [6, 6.07) is 5.72. The van der Waals surface area contributed by atoms with Gasteiger partial charge in [-0.05, 0) is 25.3 Å². The minimum atomic E-state index is -0.416. The number of rotatable bonds is 7. The first-order valence-corrected chi connectivity index (χ1v) is 7.02. The van der Waals surface area contributed by atoms with E-state index in [1.807, 2.05) is 31.4 Å². The van der Waals surface area contributed by atoms with Crippen LogP contribution in [0.25, 0.3) is 0 Å². The van der Waals surface area contributed by atoms with Crippen molar-refractivity contribution in [1.29, 1.82) is 5.26 Å². The lowest BCUT2D eigenvalue weighted by atomic mass is 10.2. The smallest absolute Gasteiger partial charge is 0.225 e. The number of thiophene rings is 1. The van der Waals surface area contributed by atoms with Crippen molar-refractivity contribution in [2.24, 2.45) is 0 Å². The molecule has 4 nitrogen and oxygen atoms in total. The maximum absolute atomic E-state index is 11.9. The molecule has 5 heteroatoms. The summed E-state index contributed by atoms with van der Waals surface area (Å²) in [7, 11) is 0. The van der Waals surface area contributed by atoms with Crippen LogP contribution in [0.2, 0.25) is 0 Å². The van der Waals surface area contributed by atoms with Gasteiger partial charge in [0.25, 0.3) is 0 Å². The van der Waals surface area contributed by atoms with E-state index < -0.39 is 6.04 Å². The van der Waals surface area contributed by atoms with Crippen molar-refractivity contribution in [2.75, 3.05) is 13.1 Å². The summed E-state index contributed by atoms with van der Waals surface area (Å²) in [5.41, 5.74) is 0. The van der Waals surface area contributed by atoms with Crippen molar-refractivity contribution < 1.29 is 4.79 Å². The number of nitriles is 1. The second-order valence-corrected chi connectivity index (χ2v) is 4.94. The van der Waals surface area contributed by atoms with Gasteiger partial charge in [0.15, 0.2) is 0 Å².